The van der Waals surface area contributed by atoms with E-state index in [1.165, 1.54) is 19.8 Å². The second-order valence-corrected chi connectivity index (χ2v) is 5.84. The molecule has 5 nitrogen and oxygen atoms in total. The molecule has 1 fully saturated rings. The molecule has 0 amide bonds. The number of carbonyl (C=O) groups excluding carboxylic acids is 1. The van der Waals surface area contributed by atoms with Gasteiger partial charge >= 0.3 is 5.97 Å². The molecule has 0 aliphatic heterocycles. The largest absolute Gasteiger partial charge is 0.491 e. The molecule has 23 heavy (non-hydrogen) atoms. The van der Waals surface area contributed by atoms with Gasteiger partial charge in [0, 0.05) is 13.5 Å². The Hall–Kier alpha value is -1.46. The van der Waals surface area contributed by atoms with Crippen molar-refractivity contribution in [1.82, 2.24) is 0 Å². The molecule has 1 aliphatic rings. The molecule has 0 radical (unpaired) electrons. The van der Waals surface area contributed by atoms with Crippen molar-refractivity contribution in [2.75, 3.05) is 32.3 Å². The van der Waals surface area contributed by atoms with Crippen molar-refractivity contribution in [2.24, 2.45) is 5.92 Å². The first kappa shape index (κ1) is 17.9. The molecule has 0 aromatic heterocycles. The van der Waals surface area contributed by atoms with Crippen LogP contribution in [0.5, 0.6) is 11.5 Å². The van der Waals surface area contributed by atoms with Gasteiger partial charge < -0.3 is 18.9 Å². The minimum atomic E-state index is -0.450. The topological polar surface area (TPSA) is 54.0 Å². The number of benzene rings is 1. The highest BCUT2D eigenvalue weighted by atomic mass is 35.5. The molecule has 1 aromatic rings. The van der Waals surface area contributed by atoms with Crippen LogP contribution < -0.4 is 9.47 Å². The molecule has 6 heteroatoms. The van der Waals surface area contributed by atoms with E-state index in [1.807, 2.05) is 12.1 Å². The summed E-state index contributed by atoms with van der Waals surface area (Å²) >= 11 is 5.72. The SMILES string of the molecule is CC(=O)O[C@@H](CCl)COc1ccc(OCCOCC2CC2)cc1. The summed E-state index contributed by atoms with van der Waals surface area (Å²) in [6.07, 6.45) is 2.14. The minimum Gasteiger partial charge on any atom is -0.491 e. The van der Waals surface area contributed by atoms with E-state index in [4.69, 9.17) is 30.5 Å². The predicted molar refractivity (Wildman–Crippen MR) is 87.2 cm³/mol. The standard InChI is InChI=1S/C17H23ClO5/c1-13(19)23-17(10-18)12-22-16-6-4-15(5-7-16)21-9-8-20-11-14-2-3-14/h4-7,14,17H,2-3,8-12H2,1H3/t17-/m0/s1. The maximum atomic E-state index is 10.9. The van der Waals surface area contributed by atoms with Crippen LogP contribution in [0.3, 0.4) is 0 Å². The second-order valence-electron chi connectivity index (χ2n) is 5.53. The lowest BCUT2D eigenvalue weighted by Crippen LogP contribution is -2.25. The quantitative estimate of drug-likeness (QED) is 0.351. The van der Waals surface area contributed by atoms with E-state index in [9.17, 15) is 4.79 Å². The van der Waals surface area contributed by atoms with Crippen LogP contribution in [-0.4, -0.2) is 44.4 Å². The number of esters is 1. The van der Waals surface area contributed by atoms with Gasteiger partial charge in [-0.05, 0) is 43.0 Å². The fourth-order valence-corrected chi connectivity index (χ4v) is 2.07. The summed E-state index contributed by atoms with van der Waals surface area (Å²) in [6, 6.07) is 7.27. The van der Waals surface area contributed by atoms with Gasteiger partial charge in [0.05, 0.1) is 12.5 Å². The summed E-state index contributed by atoms with van der Waals surface area (Å²) in [5.41, 5.74) is 0. The van der Waals surface area contributed by atoms with Crippen LogP contribution in [0.1, 0.15) is 19.8 Å². The van der Waals surface area contributed by atoms with E-state index < -0.39 is 6.10 Å². The van der Waals surface area contributed by atoms with Crippen LogP contribution in [0.2, 0.25) is 0 Å². The third-order valence-electron chi connectivity index (χ3n) is 3.31. The zero-order valence-corrected chi connectivity index (χ0v) is 14.1. The smallest absolute Gasteiger partial charge is 0.303 e. The van der Waals surface area contributed by atoms with Gasteiger partial charge in [0.25, 0.3) is 0 Å². The molecule has 0 N–H and O–H groups in total. The van der Waals surface area contributed by atoms with Crippen molar-refractivity contribution >= 4 is 17.6 Å². The summed E-state index contributed by atoms with van der Waals surface area (Å²) in [4.78, 5) is 10.9. The van der Waals surface area contributed by atoms with Gasteiger partial charge in [-0.1, -0.05) is 0 Å². The number of hydrogen-bond acceptors (Lipinski definition) is 5. The average Bonchev–Trinajstić information content (AvgIpc) is 3.36. The molecule has 1 atom stereocenters. The fraction of sp³-hybridized carbons (Fsp3) is 0.588. The summed E-state index contributed by atoms with van der Waals surface area (Å²) in [5.74, 6) is 2.04. The van der Waals surface area contributed by atoms with Crippen LogP contribution in [-0.2, 0) is 14.3 Å². The zero-order chi connectivity index (χ0) is 16.5. The molecular weight excluding hydrogens is 320 g/mol. The zero-order valence-electron chi connectivity index (χ0n) is 13.3. The Balaban J connectivity index is 1.63. The fourth-order valence-electron chi connectivity index (χ4n) is 1.92. The number of hydrogen-bond donors (Lipinski definition) is 0. The van der Waals surface area contributed by atoms with E-state index in [0.29, 0.717) is 19.0 Å². The van der Waals surface area contributed by atoms with Gasteiger partial charge in [-0.3, -0.25) is 4.79 Å². The number of alkyl halides is 1. The van der Waals surface area contributed by atoms with Gasteiger partial charge in [0.15, 0.2) is 0 Å². The Morgan fingerprint density at radius 2 is 1.83 bits per heavy atom. The van der Waals surface area contributed by atoms with E-state index in [0.717, 1.165) is 18.3 Å². The van der Waals surface area contributed by atoms with Gasteiger partial charge in [0.1, 0.15) is 30.8 Å². The van der Waals surface area contributed by atoms with Gasteiger partial charge in [-0.2, -0.15) is 0 Å². The van der Waals surface area contributed by atoms with Crippen molar-refractivity contribution in [3.63, 3.8) is 0 Å². The highest BCUT2D eigenvalue weighted by Gasteiger charge is 2.20. The van der Waals surface area contributed by atoms with Crippen molar-refractivity contribution in [1.29, 1.82) is 0 Å². The molecule has 1 aliphatic carbocycles. The summed E-state index contributed by atoms with van der Waals surface area (Å²) in [5, 5.41) is 0. The highest BCUT2D eigenvalue weighted by molar-refractivity contribution is 6.18. The maximum absolute atomic E-state index is 10.9. The van der Waals surface area contributed by atoms with Crippen LogP contribution in [0.25, 0.3) is 0 Å². The third kappa shape index (κ3) is 7.57. The molecule has 1 saturated carbocycles. The maximum Gasteiger partial charge on any atom is 0.303 e. The first-order chi connectivity index (χ1) is 11.2. The number of ether oxygens (including phenoxy) is 4. The van der Waals surface area contributed by atoms with Crippen molar-refractivity contribution < 1.29 is 23.7 Å². The predicted octanol–water partition coefficient (Wildman–Crippen LogP) is 3.04. The Bertz CT molecular complexity index is 472. The first-order valence-electron chi connectivity index (χ1n) is 7.84. The minimum absolute atomic E-state index is 0.196. The number of rotatable bonds is 11. The Morgan fingerprint density at radius 3 is 2.39 bits per heavy atom. The third-order valence-corrected chi connectivity index (χ3v) is 3.66. The monoisotopic (exact) mass is 342 g/mol. The summed E-state index contributed by atoms with van der Waals surface area (Å²) in [6.45, 7) is 3.56. The molecule has 1 aromatic carbocycles. The van der Waals surface area contributed by atoms with Gasteiger partial charge in [-0.25, -0.2) is 0 Å². The number of carbonyl (C=O) groups is 1. The molecular formula is C17H23ClO5. The lowest BCUT2D eigenvalue weighted by molar-refractivity contribution is -0.146. The lowest BCUT2D eigenvalue weighted by Gasteiger charge is -2.15. The Morgan fingerprint density at radius 1 is 1.17 bits per heavy atom. The van der Waals surface area contributed by atoms with Gasteiger partial charge in [-0.15, -0.1) is 11.6 Å². The molecule has 0 unspecified atom stereocenters. The summed E-state index contributed by atoms with van der Waals surface area (Å²) < 4.78 is 21.7. The second kappa shape index (κ2) is 9.63. The molecule has 2 rings (SSSR count). The van der Waals surface area contributed by atoms with Crippen molar-refractivity contribution in [2.45, 2.75) is 25.9 Å². The van der Waals surface area contributed by atoms with Crippen LogP contribution in [0.4, 0.5) is 0 Å². The van der Waals surface area contributed by atoms with Gasteiger partial charge in [0.2, 0.25) is 0 Å². The normalized spacial score (nSPS) is 15.0. The molecule has 0 saturated heterocycles. The van der Waals surface area contributed by atoms with E-state index >= 15 is 0 Å². The molecule has 0 spiro atoms. The van der Waals surface area contributed by atoms with Crippen LogP contribution >= 0.6 is 11.6 Å². The average molecular weight is 343 g/mol. The Kier molecular flexibility index (Phi) is 7.49. The van der Waals surface area contributed by atoms with E-state index in [2.05, 4.69) is 0 Å². The highest BCUT2D eigenvalue weighted by Crippen LogP contribution is 2.28. The first-order valence-corrected chi connectivity index (χ1v) is 8.37. The lowest BCUT2D eigenvalue weighted by atomic mass is 10.3. The van der Waals surface area contributed by atoms with Crippen molar-refractivity contribution in [3.05, 3.63) is 24.3 Å². The molecule has 0 heterocycles. The van der Waals surface area contributed by atoms with Crippen LogP contribution in [0.15, 0.2) is 24.3 Å². The number of halogens is 1. The van der Waals surface area contributed by atoms with E-state index in [-0.39, 0.29) is 18.5 Å². The molecule has 128 valence electrons. The van der Waals surface area contributed by atoms with Crippen LogP contribution in [0, 0.1) is 5.92 Å². The molecule has 0 bridgehead atoms. The summed E-state index contributed by atoms with van der Waals surface area (Å²) in [7, 11) is 0. The van der Waals surface area contributed by atoms with E-state index in [1.54, 1.807) is 12.1 Å². The van der Waals surface area contributed by atoms with Crippen molar-refractivity contribution in [3.8, 4) is 11.5 Å². The Labute approximate surface area is 141 Å².